The molecule has 2 aliphatic rings. The molecule has 0 fully saturated rings. The summed E-state index contributed by atoms with van der Waals surface area (Å²) in [4.78, 5) is 28.4. The van der Waals surface area contributed by atoms with Gasteiger partial charge in [-0.25, -0.2) is 4.98 Å². The molecule has 2 heterocycles. The second-order valence-electron chi connectivity index (χ2n) is 1.92. The van der Waals surface area contributed by atoms with E-state index in [4.69, 9.17) is 0 Å². The van der Waals surface area contributed by atoms with Crippen molar-refractivity contribution in [3.8, 4) is 11.4 Å². The van der Waals surface area contributed by atoms with Crippen LogP contribution in [0.15, 0.2) is 21.9 Å². The molecule has 0 unspecified atom stereocenters. The molecule has 0 N–H and O–H groups in total. The van der Waals surface area contributed by atoms with Gasteiger partial charge in [-0.3, -0.25) is 14.6 Å². The quantitative estimate of drug-likeness (QED) is 0.386. The van der Waals surface area contributed by atoms with Crippen LogP contribution in [0, 0.1) is 0 Å². The van der Waals surface area contributed by atoms with E-state index in [1.165, 1.54) is 12.3 Å². The van der Waals surface area contributed by atoms with Gasteiger partial charge in [-0.05, 0) is 6.07 Å². The molecule has 0 aliphatic carbocycles. The summed E-state index contributed by atoms with van der Waals surface area (Å²) in [6, 6.07) is 1.54. The molecule has 0 bridgehead atoms. The van der Waals surface area contributed by atoms with Crippen LogP contribution in [0.1, 0.15) is 0 Å². The van der Waals surface area contributed by atoms with Crippen LogP contribution in [0.25, 0.3) is 11.4 Å². The Hall–Kier alpha value is -1.06. The van der Waals surface area contributed by atoms with Gasteiger partial charge in [-0.1, -0.05) is 0 Å². The molecule has 0 radical (unpaired) electrons. The molecule has 2 rings (SSSR count). The summed E-state index contributed by atoms with van der Waals surface area (Å²) in [7, 11) is 0. The number of nitrogens with zero attached hydrogens (tertiary/aromatic N) is 2. The van der Waals surface area contributed by atoms with Crippen molar-refractivity contribution in [1.82, 2.24) is 9.97 Å². The topological polar surface area (TPSA) is 59.9 Å². The molecule has 0 aromatic rings. The third kappa shape index (κ3) is 0.982. The molecule has 4 nitrogen and oxygen atoms in total. The van der Waals surface area contributed by atoms with Crippen molar-refractivity contribution < 1.29 is 0 Å². The number of hydrogen-bond acceptors (Lipinski definition) is 4. The van der Waals surface area contributed by atoms with Gasteiger partial charge in [0.25, 0.3) is 5.43 Å². The predicted molar refractivity (Wildman–Crippen MR) is 42.1 cm³/mol. The number of fused-ring (bicyclic) bond motifs is 1. The molecule has 56 valence electrons. The molecule has 0 spiro atoms. The van der Waals surface area contributed by atoms with Gasteiger partial charge in [0.05, 0.1) is 5.69 Å². The normalized spacial score (nSPS) is 9.82. The van der Waals surface area contributed by atoms with Gasteiger partial charge in [-0.2, -0.15) is 0 Å². The van der Waals surface area contributed by atoms with Crippen LogP contribution in [0.5, 0.6) is 0 Å². The minimum atomic E-state index is -0.710. The summed E-state index contributed by atoms with van der Waals surface area (Å²) >= 11 is 0. The summed E-state index contributed by atoms with van der Waals surface area (Å²) in [5.74, 6) is 0. The molecule has 0 aromatic heterocycles. The SMILES string of the molecule is O=c1nc2ccnc-2c1=O.[SeH2]. The van der Waals surface area contributed by atoms with Crippen LogP contribution in [0.2, 0.25) is 0 Å². The van der Waals surface area contributed by atoms with Crippen LogP contribution < -0.4 is 11.0 Å². The Kier molecular flexibility index (Phi) is 1.85. The van der Waals surface area contributed by atoms with E-state index in [-0.39, 0.29) is 22.8 Å². The van der Waals surface area contributed by atoms with Crippen molar-refractivity contribution in [3.05, 3.63) is 32.8 Å². The monoisotopic (exact) mass is 216 g/mol. The Morgan fingerprint density at radius 3 is 2.64 bits per heavy atom. The van der Waals surface area contributed by atoms with E-state index in [9.17, 15) is 9.59 Å². The third-order valence-corrected chi connectivity index (χ3v) is 1.31. The summed E-state index contributed by atoms with van der Waals surface area (Å²) in [6.45, 7) is 0. The van der Waals surface area contributed by atoms with E-state index in [2.05, 4.69) is 9.97 Å². The van der Waals surface area contributed by atoms with E-state index in [1.54, 1.807) is 0 Å². The first kappa shape index (κ1) is 8.04. The van der Waals surface area contributed by atoms with E-state index in [0.717, 1.165) is 0 Å². The van der Waals surface area contributed by atoms with Gasteiger partial charge in [0, 0.05) is 6.20 Å². The molecular weight excluding hydrogens is 211 g/mol. The molecule has 0 saturated heterocycles. The van der Waals surface area contributed by atoms with Gasteiger partial charge in [0.15, 0.2) is 0 Å². The second-order valence-corrected chi connectivity index (χ2v) is 1.92. The summed E-state index contributed by atoms with van der Waals surface area (Å²) < 4.78 is 0. The van der Waals surface area contributed by atoms with Crippen LogP contribution in [-0.4, -0.2) is 27.0 Å². The average Bonchev–Trinajstić information content (AvgIpc) is 2.41. The standard InChI is InChI=1S/C6H2N2O2.H2Se/c9-5-4-3(1-2-7-4)8-6(5)10;/h1-2H;1H2. The third-order valence-electron chi connectivity index (χ3n) is 1.31. The fraction of sp³-hybridized carbons (Fsp3) is 0. The maximum absolute atomic E-state index is 10.8. The average molecular weight is 215 g/mol. The molecule has 0 amide bonds. The van der Waals surface area contributed by atoms with Crippen molar-refractivity contribution in [1.29, 1.82) is 0 Å². The van der Waals surface area contributed by atoms with Crippen molar-refractivity contribution >= 4 is 17.1 Å². The van der Waals surface area contributed by atoms with Gasteiger partial charge < -0.3 is 0 Å². The van der Waals surface area contributed by atoms with Gasteiger partial charge in [-0.15, -0.1) is 0 Å². The molecule has 11 heavy (non-hydrogen) atoms. The zero-order chi connectivity index (χ0) is 7.14. The van der Waals surface area contributed by atoms with E-state index in [1.807, 2.05) is 0 Å². The fourth-order valence-corrected chi connectivity index (χ4v) is 0.854. The zero-order valence-corrected chi connectivity index (χ0v) is 7.46. The number of hydrogen-bond donors (Lipinski definition) is 0. The van der Waals surface area contributed by atoms with Crippen molar-refractivity contribution in [3.63, 3.8) is 0 Å². The summed E-state index contributed by atoms with van der Waals surface area (Å²) in [5.41, 5.74) is -0.724. The predicted octanol–water partition coefficient (Wildman–Crippen LogP) is -1.74. The Bertz CT molecular complexity index is 419. The number of aromatic nitrogens is 2. The first-order valence-electron chi connectivity index (χ1n) is 2.71. The van der Waals surface area contributed by atoms with Gasteiger partial charge >= 0.3 is 22.6 Å². The Labute approximate surface area is 71.8 Å². The molecule has 0 aromatic carbocycles. The summed E-state index contributed by atoms with van der Waals surface area (Å²) in [5, 5.41) is 0. The van der Waals surface area contributed by atoms with Crippen molar-refractivity contribution in [2.75, 3.05) is 0 Å². The molecule has 0 saturated carbocycles. The number of rotatable bonds is 0. The Morgan fingerprint density at radius 1 is 1.27 bits per heavy atom. The molecule has 5 heteroatoms. The van der Waals surface area contributed by atoms with Crippen LogP contribution in [0.3, 0.4) is 0 Å². The molecular formula is C6H4N2O2Se. The maximum atomic E-state index is 10.8. The van der Waals surface area contributed by atoms with Gasteiger partial charge in [0.1, 0.15) is 5.69 Å². The Balaban J connectivity index is 0.000000605. The van der Waals surface area contributed by atoms with E-state index >= 15 is 0 Å². The first-order valence-corrected chi connectivity index (χ1v) is 2.71. The first-order chi connectivity index (χ1) is 4.79. The molecule has 0 atom stereocenters. The van der Waals surface area contributed by atoms with E-state index < -0.39 is 11.0 Å². The zero-order valence-electron chi connectivity index (χ0n) is 5.37. The van der Waals surface area contributed by atoms with Crippen LogP contribution in [-0.2, 0) is 0 Å². The van der Waals surface area contributed by atoms with Crippen LogP contribution >= 0.6 is 0 Å². The second kappa shape index (κ2) is 2.52. The van der Waals surface area contributed by atoms with Crippen molar-refractivity contribution in [2.24, 2.45) is 0 Å². The minimum absolute atomic E-state index is 0. The fourth-order valence-electron chi connectivity index (χ4n) is 0.854. The summed E-state index contributed by atoms with van der Waals surface area (Å²) in [6.07, 6.45) is 1.46. The van der Waals surface area contributed by atoms with Crippen LogP contribution in [0.4, 0.5) is 0 Å². The molecule has 2 aliphatic heterocycles. The Morgan fingerprint density at radius 2 is 2.00 bits per heavy atom. The van der Waals surface area contributed by atoms with Gasteiger partial charge in [0.2, 0.25) is 0 Å². The van der Waals surface area contributed by atoms with E-state index in [0.29, 0.717) is 5.69 Å². The van der Waals surface area contributed by atoms with Crippen molar-refractivity contribution in [2.45, 2.75) is 0 Å².